The summed E-state index contributed by atoms with van der Waals surface area (Å²) in [7, 11) is 1.72. The van der Waals surface area contributed by atoms with Crippen LogP contribution in [-0.2, 0) is 0 Å². The molecule has 0 amide bonds. The first-order valence-electron chi connectivity index (χ1n) is 8.96. The van der Waals surface area contributed by atoms with E-state index in [0.29, 0.717) is 11.5 Å². The lowest BCUT2D eigenvalue weighted by Crippen LogP contribution is -2.13. The summed E-state index contributed by atoms with van der Waals surface area (Å²) in [6.07, 6.45) is 5.64. The number of pyridine rings is 1. The minimum Gasteiger partial charge on any atom is -0.372 e. The molecular weight excluding hydrogens is 336 g/mol. The average molecular weight is 364 g/mol. The highest BCUT2D eigenvalue weighted by atomic mass is 16.1. The lowest BCUT2D eigenvalue weighted by atomic mass is 10.1. The Hall–Kier alpha value is -3.21. The van der Waals surface area contributed by atoms with Crippen molar-refractivity contribution in [2.75, 3.05) is 12.4 Å². The van der Waals surface area contributed by atoms with Gasteiger partial charge in [-0.15, -0.1) is 0 Å². The molecule has 0 aliphatic carbocycles. The number of hydrogen-bond acceptors (Lipinski definition) is 4. The molecule has 0 atom stereocenters. The number of aryl methyl sites for hydroxylation is 1. The molecule has 0 saturated carbocycles. The van der Waals surface area contributed by atoms with E-state index in [1.807, 2.05) is 39.0 Å². The third-order valence-electron chi connectivity index (χ3n) is 3.53. The number of nitrogens with zero attached hydrogens (tertiary/aromatic N) is 2. The number of fused-ring (bicyclic) bond motifs is 1. The second kappa shape index (κ2) is 11.4. The zero-order chi connectivity index (χ0) is 20.2. The number of hydrogen-bond donors (Lipinski definition) is 2. The Labute approximate surface area is 160 Å². The van der Waals surface area contributed by atoms with Gasteiger partial charge in [0.05, 0.1) is 5.39 Å². The van der Waals surface area contributed by atoms with Gasteiger partial charge >= 0.3 is 5.69 Å². The van der Waals surface area contributed by atoms with Crippen LogP contribution >= 0.6 is 0 Å². The molecule has 0 aliphatic heterocycles. The van der Waals surface area contributed by atoms with Gasteiger partial charge in [-0.25, -0.2) is 9.78 Å². The highest BCUT2D eigenvalue weighted by Crippen LogP contribution is 2.14. The van der Waals surface area contributed by atoms with E-state index in [4.69, 9.17) is 0 Å². The van der Waals surface area contributed by atoms with Crippen LogP contribution in [-0.4, -0.2) is 22.0 Å². The van der Waals surface area contributed by atoms with Crippen molar-refractivity contribution in [2.24, 2.45) is 0 Å². The van der Waals surface area contributed by atoms with Crippen LogP contribution in [0.5, 0.6) is 0 Å². The number of aromatic amines is 1. The summed E-state index contributed by atoms with van der Waals surface area (Å²) in [4.78, 5) is 21.3. The lowest BCUT2D eigenvalue weighted by Gasteiger charge is -2.01. The Kier molecular flexibility index (Phi) is 9.23. The second-order valence-corrected chi connectivity index (χ2v) is 5.43. The van der Waals surface area contributed by atoms with E-state index in [-0.39, 0.29) is 0 Å². The molecule has 0 saturated heterocycles. The Balaban J connectivity index is 0.000000248. The fraction of sp³-hybridized carbons (Fsp3) is 0.227. The van der Waals surface area contributed by atoms with E-state index in [0.717, 1.165) is 11.0 Å². The molecule has 27 heavy (non-hydrogen) atoms. The van der Waals surface area contributed by atoms with Crippen LogP contribution in [0.4, 0.5) is 5.82 Å². The number of benzene rings is 1. The molecule has 2 heterocycles. The van der Waals surface area contributed by atoms with Gasteiger partial charge in [0.25, 0.3) is 0 Å². The first kappa shape index (κ1) is 21.8. The van der Waals surface area contributed by atoms with E-state index in [2.05, 4.69) is 58.0 Å². The van der Waals surface area contributed by atoms with Crippen LogP contribution in [0.3, 0.4) is 0 Å². The zero-order valence-electron chi connectivity index (χ0n) is 16.7. The molecule has 0 spiro atoms. The summed E-state index contributed by atoms with van der Waals surface area (Å²) in [5.74, 6) is 0.548. The van der Waals surface area contributed by atoms with Gasteiger partial charge in [-0.05, 0) is 37.1 Å². The maximum Gasteiger partial charge on any atom is 0.348 e. The Morgan fingerprint density at radius 1 is 1.19 bits per heavy atom. The van der Waals surface area contributed by atoms with Crippen molar-refractivity contribution in [2.45, 2.75) is 27.7 Å². The number of aromatic nitrogens is 3. The second-order valence-electron chi connectivity index (χ2n) is 5.43. The molecule has 0 bridgehead atoms. The standard InChI is InChI=1S/C12H14.C8H8N4O.C2H6/c1-4-5-11(3)12-8-6-10(2)7-9-12;1-9-6-5-3-2-4-10-7(5)12-8(13)11-6;1-2/h4-9H,3H2,1-2H3;2-4H,1H3,(H2,9,10,11,12,13);1-2H3/b5-4-;;. The zero-order valence-corrected chi connectivity index (χ0v) is 16.7. The van der Waals surface area contributed by atoms with Crippen molar-refractivity contribution in [1.29, 1.82) is 0 Å². The highest BCUT2D eigenvalue weighted by molar-refractivity contribution is 5.85. The van der Waals surface area contributed by atoms with E-state index < -0.39 is 5.69 Å². The number of rotatable bonds is 3. The normalized spacial score (nSPS) is 9.81. The van der Waals surface area contributed by atoms with Gasteiger partial charge in [-0.1, -0.05) is 62.4 Å². The number of anilines is 1. The molecule has 5 nitrogen and oxygen atoms in total. The topological polar surface area (TPSA) is 70.7 Å². The van der Waals surface area contributed by atoms with Gasteiger partial charge in [-0.2, -0.15) is 4.98 Å². The third-order valence-corrected chi connectivity index (χ3v) is 3.53. The molecule has 0 unspecified atom stereocenters. The van der Waals surface area contributed by atoms with Crippen LogP contribution in [0.25, 0.3) is 16.6 Å². The maximum atomic E-state index is 11.0. The van der Waals surface area contributed by atoms with Gasteiger partial charge in [0, 0.05) is 13.2 Å². The van der Waals surface area contributed by atoms with E-state index in [1.54, 1.807) is 19.3 Å². The Morgan fingerprint density at radius 2 is 1.85 bits per heavy atom. The summed E-state index contributed by atoms with van der Waals surface area (Å²) in [6, 6.07) is 12.0. The SMILES string of the molecule is C=C(/C=C\C)c1ccc(C)cc1.CC.CNc1nc(=O)[nH]c2ncccc12. The third kappa shape index (κ3) is 6.55. The average Bonchev–Trinajstić information content (AvgIpc) is 2.70. The molecule has 1 aromatic carbocycles. The summed E-state index contributed by atoms with van der Waals surface area (Å²) in [5, 5.41) is 3.65. The van der Waals surface area contributed by atoms with Crippen molar-refractivity contribution in [3.8, 4) is 0 Å². The smallest absolute Gasteiger partial charge is 0.348 e. The van der Waals surface area contributed by atoms with Crippen molar-refractivity contribution < 1.29 is 0 Å². The van der Waals surface area contributed by atoms with Crippen molar-refractivity contribution in [3.05, 3.63) is 82.9 Å². The predicted octanol–water partition coefficient (Wildman–Crippen LogP) is 4.97. The van der Waals surface area contributed by atoms with Crippen LogP contribution < -0.4 is 11.0 Å². The summed E-state index contributed by atoms with van der Waals surface area (Å²) >= 11 is 0. The molecular formula is C22H28N4O. The summed E-state index contributed by atoms with van der Waals surface area (Å²) in [6.45, 7) is 12.0. The van der Waals surface area contributed by atoms with Crippen LogP contribution in [0.15, 0.2) is 66.1 Å². The quantitative estimate of drug-likeness (QED) is 0.644. The summed E-state index contributed by atoms with van der Waals surface area (Å²) < 4.78 is 0. The van der Waals surface area contributed by atoms with Gasteiger partial charge in [0.1, 0.15) is 11.5 Å². The highest BCUT2D eigenvalue weighted by Gasteiger charge is 2.02. The molecule has 2 N–H and O–H groups in total. The molecule has 3 aromatic rings. The number of H-pyrrole nitrogens is 1. The van der Waals surface area contributed by atoms with Gasteiger partial charge in [0.15, 0.2) is 0 Å². The van der Waals surface area contributed by atoms with E-state index in [9.17, 15) is 4.79 Å². The van der Waals surface area contributed by atoms with Gasteiger partial charge in [0.2, 0.25) is 0 Å². The van der Waals surface area contributed by atoms with Gasteiger partial charge in [-0.3, -0.25) is 4.98 Å². The predicted molar refractivity (Wildman–Crippen MR) is 116 cm³/mol. The Bertz CT molecular complexity index is 940. The van der Waals surface area contributed by atoms with E-state index >= 15 is 0 Å². The minimum absolute atomic E-state index is 0.393. The van der Waals surface area contributed by atoms with Crippen molar-refractivity contribution in [1.82, 2.24) is 15.0 Å². The molecule has 0 radical (unpaired) electrons. The first-order chi connectivity index (χ1) is 13.0. The van der Waals surface area contributed by atoms with Crippen LogP contribution in [0.1, 0.15) is 31.9 Å². The van der Waals surface area contributed by atoms with Crippen molar-refractivity contribution >= 4 is 22.4 Å². The lowest BCUT2D eigenvalue weighted by molar-refractivity contribution is 1.09. The molecule has 0 fully saturated rings. The minimum atomic E-state index is -0.393. The summed E-state index contributed by atoms with van der Waals surface area (Å²) in [5.41, 5.74) is 3.70. The number of nitrogens with one attached hydrogen (secondary N) is 2. The van der Waals surface area contributed by atoms with Gasteiger partial charge < -0.3 is 5.32 Å². The van der Waals surface area contributed by atoms with Crippen molar-refractivity contribution in [3.63, 3.8) is 0 Å². The fourth-order valence-electron chi connectivity index (χ4n) is 2.24. The fourth-order valence-corrected chi connectivity index (χ4v) is 2.24. The Morgan fingerprint density at radius 3 is 2.44 bits per heavy atom. The molecule has 0 aliphatic rings. The largest absolute Gasteiger partial charge is 0.372 e. The van der Waals surface area contributed by atoms with Crippen LogP contribution in [0.2, 0.25) is 0 Å². The molecule has 2 aromatic heterocycles. The first-order valence-corrected chi connectivity index (χ1v) is 8.96. The molecule has 5 heteroatoms. The molecule has 142 valence electrons. The number of allylic oxidation sites excluding steroid dienone is 3. The van der Waals surface area contributed by atoms with Crippen LogP contribution in [0, 0.1) is 6.92 Å². The maximum absolute atomic E-state index is 11.0. The van der Waals surface area contributed by atoms with E-state index in [1.165, 1.54) is 11.1 Å². The monoisotopic (exact) mass is 364 g/mol. The molecule has 3 rings (SSSR count).